The predicted molar refractivity (Wildman–Crippen MR) is 135 cm³/mol. The van der Waals surface area contributed by atoms with Crippen molar-refractivity contribution in [2.24, 2.45) is 0 Å². The molecule has 33 heavy (non-hydrogen) atoms. The lowest BCUT2D eigenvalue weighted by atomic mass is 10.0. The van der Waals surface area contributed by atoms with Crippen molar-refractivity contribution in [3.05, 3.63) is 97.2 Å². The smallest absolute Gasteiger partial charge is 0.182 e. The maximum absolute atomic E-state index is 4.88. The van der Waals surface area contributed by atoms with E-state index in [0.717, 1.165) is 16.8 Å². The van der Waals surface area contributed by atoms with Gasteiger partial charge in [0.25, 0.3) is 0 Å². The molecule has 0 aliphatic carbocycles. The van der Waals surface area contributed by atoms with Crippen LogP contribution in [0.25, 0.3) is 45.4 Å². The number of aromatic nitrogens is 4. The molecule has 3 aromatic carbocycles. The van der Waals surface area contributed by atoms with Gasteiger partial charge in [-0.3, -0.25) is 4.98 Å². The fourth-order valence-electron chi connectivity index (χ4n) is 4.39. The highest BCUT2D eigenvalue weighted by atomic mass is 32.3. The summed E-state index contributed by atoms with van der Waals surface area (Å²) in [6.45, 7) is 0. The first kappa shape index (κ1) is 19.8. The molecule has 160 valence electrons. The highest BCUT2D eigenvalue weighted by molar-refractivity contribution is 8.33. The molecule has 1 aliphatic rings. The first-order valence-corrected chi connectivity index (χ1v) is 13.3. The summed E-state index contributed by atoms with van der Waals surface area (Å²) in [6.07, 6.45) is 6.49. The number of rotatable bonds is 3. The lowest BCUT2D eigenvalue weighted by molar-refractivity contribution is 1.06. The van der Waals surface area contributed by atoms with Crippen LogP contribution >= 0.6 is 10.0 Å². The van der Waals surface area contributed by atoms with Gasteiger partial charge in [-0.25, -0.2) is 15.0 Å². The Hall–Kier alpha value is -3.83. The number of nitrogens with zero attached hydrogens (tertiary/aromatic N) is 4. The average molecular weight is 447 g/mol. The summed E-state index contributed by atoms with van der Waals surface area (Å²) in [5, 5.41) is 0. The largest absolute Gasteiger partial charge is 0.253 e. The van der Waals surface area contributed by atoms with E-state index >= 15 is 0 Å². The van der Waals surface area contributed by atoms with Gasteiger partial charge in [0.15, 0.2) is 17.5 Å². The third-order valence-electron chi connectivity index (χ3n) is 6.08. The maximum atomic E-state index is 4.88. The van der Waals surface area contributed by atoms with Crippen LogP contribution in [-0.4, -0.2) is 32.4 Å². The molecule has 1 aliphatic heterocycles. The number of hydrogen-bond acceptors (Lipinski definition) is 4. The van der Waals surface area contributed by atoms with Crippen molar-refractivity contribution in [3.8, 4) is 45.4 Å². The van der Waals surface area contributed by atoms with Gasteiger partial charge in [-0.1, -0.05) is 66.7 Å². The van der Waals surface area contributed by atoms with Crippen LogP contribution in [0.4, 0.5) is 0 Å². The zero-order valence-electron chi connectivity index (χ0n) is 18.4. The normalized spacial score (nSPS) is 14.4. The number of fused-ring (bicyclic) bond motifs is 3. The minimum Gasteiger partial charge on any atom is -0.253 e. The molecule has 0 spiro atoms. The van der Waals surface area contributed by atoms with Gasteiger partial charge in [0.1, 0.15) is 5.69 Å². The van der Waals surface area contributed by atoms with Gasteiger partial charge >= 0.3 is 0 Å². The quantitative estimate of drug-likeness (QED) is 0.308. The van der Waals surface area contributed by atoms with Crippen molar-refractivity contribution >= 4 is 10.0 Å². The summed E-state index contributed by atoms with van der Waals surface area (Å²) in [6, 6.07) is 31.2. The van der Waals surface area contributed by atoms with E-state index < -0.39 is 10.0 Å². The van der Waals surface area contributed by atoms with E-state index in [1.165, 1.54) is 20.9 Å². The van der Waals surface area contributed by atoms with E-state index in [2.05, 4.69) is 60.0 Å². The van der Waals surface area contributed by atoms with Crippen LogP contribution in [0.2, 0.25) is 0 Å². The topological polar surface area (TPSA) is 51.6 Å². The van der Waals surface area contributed by atoms with E-state index in [1.54, 1.807) is 6.20 Å². The zero-order valence-corrected chi connectivity index (χ0v) is 19.3. The summed E-state index contributed by atoms with van der Waals surface area (Å²) in [4.78, 5) is 21.8. The predicted octanol–water partition coefficient (Wildman–Crippen LogP) is 6.73. The number of benzene rings is 3. The van der Waals surface area contributed by atoms with Crippen LogP contribution in [0.5, 0.6) is 0 Å². The lowest BCUT2D eigenvalue weighted by Crippen LogP contribution is -2.01. The third-order valence-corrected chi connectivity index (χ3v) is 8.97. The second kappa shape index (κ2) is 7.64. The average Bonchev–Trinajstić information content (AvgIpc) is 3.11. The third kappa shape index (κ3) is 3.33. The van der Waals surface area contributed by atoms with Crippen molar-refractivity contribution < 1.29 is 0 Å². The Labute approximate surface area is 194 Å². The van der Waals surface area contributed by atoms with Gasteiger partial charge in [0, 0.05) is 27.1 Å². The van der Waals surface area contributed by atoms with Crippen LogP contribution < -0.4 is 0 Å². The van der Waals surface area contributed by atoms with Crippen molar-refractivity contribution in [3.63, 3.8) is 0 Å². The molecule has 4 nitrogen and oxygen atoms in total. The fourth-order valence-corrected chi connectivity index (χ4v) is 6.92. The molecule has 5 aromatic rings. The monoisotopic (exact) mass is 446 g/mol. The summed E-state index contributed by atoms with van der Waals surface area (Å²) in [5.41, 5.74) is 5.35. The fraction of sp³-hybridized carbons (Fsp3) is 0.0714. The van der Waals surface area contributed by atoms with Gasteiger partial charge in [0.05, 0.1) is 0 Å². The Balaban J connectivity index is 1.54. The Morgan fingerprint density at radius 3 is 2.00 bits per heavy atom. The van der Waals surface area contributed by atoms with Gasteiger partial charge in [-0.2, -0.15) is 10.0 Å². The Morgan fingerprint density at radius 2 is 1.21 bits per heavy atom. The van der Waals surface area contributed by atoms with E-state index in [9.17, 15) is 0 Å². The second-order valence-corrected chi connectivity index (χ2v) is 12.0. The van der Waals surface area contributed by atoms with E-state index in [1.807, 2.05) is 48.5 Å². The summed E-state index contributed by atoms with van der Waals surface area (Å²) >= 11 is 0. The van der Waals surface area contributed by atoms with Crippen molar-refractivity contribution in [1.82, 2.24) is 19.9 Å². The molecule has 0 saturated carbocycles. The standard InChI is InChI=1S/C28H22N4S/c1-33(2)24-14-7-6-12-21(24)22-16-15-20(18-25(22)33)27-30-26(19-10-4-3-5-11-19)31-28(32-27)23-13-8-9-17-29-23/h3-18H,1-2H3. The molecule has 0 N–H and O–H groups in total. The van der Waals surface area contributed by atoms with Crippen LogP contribution in [0, 0.1) is 0 Å². The molecular weight excluding hydrogens is 424 g/mol. The Bertz CT molecular complexity index is 1420. The molecule has 0 saturated heterocycles. The molecule has 3 heterocycles. The Kier molecular flexibility index (Phi) is 4.59. The highest BCUT2D eigenvalue weighted by Crippen LogP contribution is 2.67. The van der Waals surface area contributed by atoms with Gasteiger partial charge in [-0.05, 0) is 47.9 Å². The minimum atomic E-state index is -1.10. The first-order valence-electron chi connectivity index (χ1n) is 10.8. The molecule has 0 atom stereocenters. The minimum absolute atomic E-state index is 0.579. The van der Waals surface area contributed by atoms with E-state index in [0.29, 0.717) is 17.5 Å². The summed E-state index contributed by atoms with van der Waals surface area (Å²) < 4.78 is 0. The first-order chi connectivity index (χ1) is 16.1. The zero-order chi connectivity index (χ0) is 22.4. The number of pyridine rings is 1. The number of hydrogen-bond donors (Lipinski definition) is 0. The lowest BCUT2D eigenvalue weighted by Gasteiger charge is -2.28. The second-order valence-electron chi connectivity index (χ2n) is 8.42. The summed E-state index contributed by atoms with van der Waals surface area (Å²) in [7, 11) is -1.10. The molecule has 5 heteroatoms. The molecule has 0 amide bonds. The molecule has 0 radical (unpaired) electrons. The Morgan fingerprint density at radius 1 is 0.545 bits per heavy atom. The van der Waals surface area contributed by atoms with Crippen molar-refractivity contribution in [2.45, 2.75) is 9.79 Å². The van der Waals surface area contributed by atoms with Crippen LogP contribution in [-0.2, 0) is 0 Å². The molecule has 0 bridgehead atoms. The SMILES string of the molecule is CS1(C)c2ccccc2-c2ccc(-c3nc(-c4ccccc4)nc(-c4ccccn4)n3)cc21. The van der Waals surface area contributed by atoms with Crippen LogP contribution in [0.1, 0.15) is 0 Å². The molecule has 2 aromatic heterocycles. The van der Waals surface area contributed by atoms with Crippen molar-refractivity contribution in [2.75, 3.05) is 12.5 Å². The molecule has 6 rings (SSSR count). The summed E-state index contributed by atoms with van der Waals surface area (Å²) in [5.74, 6) is 1.89. The molecule has 0 fully saturated rings. The van der Waals surface area contributed by atoms with Crippen molar-refractivity contribution in [1.29, 1.82) is 0 Å². The van der Waals surface area contributed by atoms with Crippen LogP contribution in [0.3, 0.4) is 0 Å². The van der Waals surface area contributed by atoms with E-state index in [4.69, 9.17) is 15.0 Å². The molecular formula is C28H22N4S. The van der Waals surface area contributed by atoms with Gasteiger partial charge in [0.2, 0.25) is 0 Å². The highest BCUT2D eigenvalue weighted by Gasteiger charge is 2.31. The van der Waals surface area contributed by atoms with E-state index in [-0.39, 0.29) is 0 Å². The maximum Gasteiger partial charge on any atom is 0.182 e. The molecule has 0 unspecified atom stereocenters. The van der Waals surface area contributed by atoms with Gasteiger partial charge < -0.3 is 0 Å². The van der Waals surface area contributed by atoms with Gasteiger partial charge in [-0.15, -0.1) is 0 Å². The van der Waals surface area contributed by atoms with Crippen LogP contribution in [0.15, 0.2) is 107 Å².